The van der Waals surface area contributed by atoms with E-state index < -0.39 is 0 Å². The summed E-state index contributed by atoms with van der Waals surface area (Å²) >= 11 is 13.3. The smallest absolute Gasteiger partial charge is 0.260 e. The predicted molar refractivity (Wildman–Crippen MR) is 104 cm³/mol. The molecule has 2 atom stereocenters. The lowest BCUT2D eigenvalue weighted by Gasteiger charge is -2.22. The summed E-state index contributed by atoms with van der Waals surface area (Å²) in [6.07, 6.45) is 0. The molecule has 130 valence electrons. The quantitative estimate of drug-likeness (QED) is 0.806. The van der Waals surface area contributed by atoms with Crippen LogP contribution >= 0.6 is 47.4 Å². The summed E-state index contributed by atoms with van der Waals surface area (Å²) in [7, 11) is 0. The number of hydrogen-bond donors (Lipinski definition) is 1. The molecule has 0 aromatic heterocycles. The van der Waals surface area contributed by atoms with Gasteiger partial charge in [0.2, 0.25) is 0 Å². The zero-order valence-electron chi connectivity index (χ0n) is 13.5. The van der Waals surface area contributed by atoms with Crippen molar-refractivity contribution in [3.8, 4) is 0 Å². The van der Waals surface area contributed by atoms with Crippen LogP contribution in [-0.2, 0) is 11.3 Å². The van der Waals surface area contributed by atoms with Crippen LogP contribution in [0, 0.1) is 0 Å². The summed E-state index contributed by atoms with van der Waals surface area (Å²) in [6, 6.07) is 5.89. The summed E-state index contributed by atoms with van der Waals surface area (Å²) < 4.78 is 0. The van der Waals surface area contributed by atoms with Crippen LogP contribution in [-0.4, -0.2) is 28.1 Å². The number of hydrogen-bond acceptors (Lipinski definition) is 4. The average molecular weight is 407 g/mol. The Bertz CT molecular complexity index is 735. The largest absolute Gasteiger partial charge is 0.347 e. The van der Waals surface area contributed by atoms with E-state index in [-0.39, 0.29) is 30.4 Å². The molecular weight excluding hydrogens is 389 g/mol. The molecular formula is C16H18Cl3N3OS. The van der Waals surface area contributed by atoms with E-state index in [9.17, 15) is 4.79 Å². The summed E-state index contributed by atoms with van der Waals surface area (Å²) in [5, 5.41) is 4.85. The molecule has 0 radical (unpaired) electrons. The molecule has 0 bridgehead atoms. The number of thioether (sulfide) groups is 1. The third-order valence-corrected chi connectivity index (χ3v) is 6.06. The van der Waals surface area contributed by atoms with E-state index in [0.29, 0.717) is 21.5 Å². The molecule has 1 aromatic rings. The van der Waals surface area contributed by atoms with Crippen molar-refractivity contribution in [2.45, 2.75) is 39.4 Å². The van der Waals surface area contributed by atoms with Crippen molar-refractivity contribution in [1.82, 2.24) is 10.2 Å². The summed E-state index contributed by atoms with van der Waals surface area (Å²) in [4.78, 5) is 19.9. The fourth-order valence-corrected chi connectivity index (χ4v) is 4.19. The van der Waals surface area contributed by atoms with Gasteiger partial charge in [-0.25, -0.2) is 0 Å². The first-order valence-corrected chi connectivity index (χ1v) is 8.93. The molecule has 1 N–H and O–H groups in total. The monoisotopic (exact) mass is 405 g/mol. The van der Waals surface area contributed by atoms with E-state index in [4.69, 9.17) is 23.2 Å². The molecule has 0 aliphatic carbocycles. The van der Waals surface area contributed by atoms with E-state index in [1.807, 2.05) is 13.0 Å². The van der Waals surface area contributed by atoms with Gasteiger partial charge in [-0.2, -0.15) is 0 Å². The first kappa shape index (κ1) is 19.4. The van der Waals surface area contributed by atoms with Gasteiger partial charge < -0.3 is 10.2 Å². The molecule has 3 rings (SSSR count). The van der Waals surface area contributed by atoms with Crippen LogP contribution in [0.2, 0.25) is 10.0 Å². The predicted octanol–water partition coefficient (Wildman–Crippen LogP) is 4.46. The number of aliphatic imine (C=N–C) groups is 1. The molecule has 1 aromatic carbocycles. The van der Waals surface area contributed by atoms with Gasteiger partial charge in [-0.05, 0) is 50.2 Å². The first-order chi connectivity index (χ1) is 10.9. The average Bonchev–Trinajstić information content (AvgIpc) is 2.98. The molecule has 24 heavy (non-hydrogen) atoms. The third kappa shape index (κ3) is 3.54. The minimum Gasteiger partial charge on any atom is -0.347 e. The molecule has 0 saturated heterocycles. The maximum atomic E-state index is 12.5. The van der Waals surface area contributed by atoms with Crippen LogP contribution in [0.1, 0.15) is 26.3 Å². The van der Waals surface area contributed by atoms with E-state index in [1.54, 1.807) is 12.1 Å². The Morgan fingerprint density at radius 1 is 1.33 bits per heavy atom. The fraction of sp³-hybridized carbons (Fsp3) is 0.375. The van der Waals surface area contributed by atoms with Crippen molar-refractivity contribution in [3.05, 3.63) is 44.4 Å². The van der Waals surface area contributed by atoms with E-state index in [0.717, 1.165) is 16.4 Å². The number of nitrogens with zero attached hydrogens (tertiary/aromatic N) is 2. The SMILES string of the molecule is CC1=C(C(=O)NCc2ccc(Cl)c(Cl)c2)SC2=NC(C)C(C)N21.Cl. The Balaban J connectivity index is 0.00000208. The fourth-order valence-electron chi connectivity index (χ4n) is 2.66. The third-order valence-electron chi connectivity index (χ3n) is 4.15. The molecule has 0 spiro atoms. The molecule has 1 amide bonds. The summed E-state index contributed by atoms with van der Waals surface area (Å²) in [5.41, 5.74) is 1.88. The lowest BCUT2D eigenvalue weighted by Crippen LogP contribution is -2.32. The number of carbonyl (C=O) groups is 1. The van der Waals surface area contributed by atoms with Crippen molar-refractivity contribution in [3.63, 3.8) is 0 Å². The van der Waals surface area contributed by atoms with Crippen LogP contribution < -0.4 is 5.32 Å². The number of amidine groups is 1. The normalized spacial score (nSPS) is 22.2. The van der Waals surface area contributed by atoms with Gasteiger partial charge in [0.05, 0.1) is 27.0 Å². The van der Waals surface area contributed by atoms with Crippen molar-refractivity contribution in [2.24, 2.45) is 4.99 Å². The van der Waals surface area contributed by atoms with Crippen LogP contribution in [0.3, 0.4) is 0 Å². The lowest BCUT2D eigenvalue weighted by molar-refractivity contribution is -0.117. The molecule has 2 heterocycles. The molecule has 2 aliphatic heterocycles. The Morgan fingerprint density at radius 3 is 2.67 bits per heavy atom. The minimum atomic E-state index is -0.0875. The van der Waals surface area contributed by atoms with Gasteiger partial charge in [-0.1, -0.05) is 29.3 Å². The second-order valence-electron chi connectivity index (χ2n) is 5.71. The zero-order chi connectivity index (χ0) is 16.7. The highest BCUT2D eigenvalue weighted by Crippen LogP contribution is 2.40. The molecule has 2 aliphatic rings. The first-order valence-electron chi connectivity index (χ1n) is 7.36. The second kappa shape index (κ2) is 7.56. The standard InChI is InChI=1S/C16H17Cl2N3OS.ClH/c1-8-9(2)21-10(3)14(23-16(21)20-8)15(22)19-7-11-4-5-12(17)13(18)6-11;/h4-6,8-9H,7H2,1-3H3,(H,19,22);1H. The Kier molecular flexibility index (Phi) is 6.13. The van der Waals surface area contributed by atoms with Gasteiger partial charge in [0.1, 0.15) is 0 Å². The summed E-state index contributed by atoms with van der Waals surface area (Å²) in [5.74, 6) is -0.0875. The number of nitrogens with one attached hydrogen (secondary N) is 1. The van der Waals surface area contributed by atoms with Gasteiger partial charge in [0.15, 0.2) is 5.17 Å². The Labute approximate surface area is 162 Å². The van der Waals surface area contributed by atoms with Gasteiger partial charge in [0.25, 0.3) is 5.91 Å². The van der Waals surface area contributed by atoms with E-state index in [1.165, 1.54) is 11.8 Å². The van der Waals surface area contributed by atoms with Crippen molar-refractivity contribution in [2.75, 3.05) is 0 Å². The number of benzene rings is 1. The van der Waals surface area contributed by atoms with Crippen molar-refractivity contribution in [1.29, 1.82) is 0 Å². The van der Waals surface area contributed by atoms with Gasteiger partial charge in [-0.15, -0.1) is 12.4 Å². The van der Waals surface area contributed by atoms with Crippen LogP contribution in [0.15, 0.2) is 33.8 Å². The topological polar surface area (TPSA) is 44.7 Å². The number of fused-ring (bicyclic) bond motifs is 1. The number of rotatable bonds is 3. The van der Waals surface area contributed by atoms with E-state index in [2.05, 4.69) is 29.1 Å². The van der Waals surface area contributed by atoms with E-state index >= 15 is 0 Å². The lowest BCUT2D eigenvalue weighted by atomic mass is 10.1. The van der Waals surface area contributed by atoms with Crippen LogP contribution in [0.4, 0.5) is 0 Å². The number of amides is 1. The molecule has 4 nitrogen and oxygen atoms in total. The molecule has 0 fully saturated rings. The molecule has 2 unspecified atom stereocenters. The number of allylic oxidation sites excluding steroid dienone is 1. The highest BCUT2D eigenvalue weighted by atomic mass is 35.5. The number of halogens is 3. The number of carbonyl (C=O) groups excluding carboxylic acids is 1. The zero-order valence-corrected chi connectivity index (χ0v) is 16.6. The maximum absolute atomic E-state index is 12.5. The summed E-state index contributed by atoms with van der Waals surface area (Å²) in [6.45, 7) is 6.60. The Morgan fingerprint density at radius 2 is 2.04 bits per heavy atom. The van der Waals surface area contributed by atoms with Gasteiger partial charge in [0, 0.05) is 12.2 Å². The van der Waals surface area contributed by atoms with Crippen LogP contribution in [0.5, 0.6) is 0 Å². The highest BCUT2D eigenvalue weighted by molar-refractivity contribution is 8.18. The highest BCUT2D eigenvalue weighted by Gasteiger charge is 2.39. The molecule has 8 heteroatoms. The van der Waals surface area contributed by atoms with Crippen molar-refractivity contribution < 1.29 is 4.79 Å². The van der Waals surface area contributed by atoms with Crippen molar-refractivity contribution >= 4 is 58.4 Å². The second-order valence-corrected chi connectivity index (χ2v) is 7.50. The van der Waals surface area contributed by atoms with Gasteiger partial charge in [-0.3, -0.25) is 9.79 Å². The maximum Gasteiger partial charge on any atom is 0.260 e. The van der Waals surface area contributed by atoms with Gasteiger partial charge >= 0.3 is 0 Å². The molecule has 0 saturated carbocycles. The van der Waals surface area contributed by atoms with Crippen LogP contribution in [0.25, 0.3) is 0 Å². The minimum absolute atomic E-state index is 0. The Hall–Kier alpha value is -0.880.